The Balaban J connectivity index is 1.54. The molecule has 198 valence electrons. The van der Waals surface area contributed by atoms with Gasteiger partial charge in [-0.3, -0.25) is 15.0 Å². The van der Waals surface area contributed by atoms with E-state index in [0.29, 0.717) is 0 Å². The lowest BCUT2D eigenvalue weighted by Gasteiger charge is -2.04. The molecule has 0 atom stereocenters. The van der Waals surface area contributed by atoms with Gasteiger partial charge in [0, 0.05) is 40.8 Å². The molecule has 0 radical (unpaired) electrons. The van der Waals surface area contributed by atoms with Gasteiger partial charge in [0.25, 0.3) is 0 Å². The summed E-state index contributed by atoms with van der Waals surface area (Å²) in [7, 11) is 0. The van der Waals surface area contributed by atoms with E-state index in [1.807, 2.05) is 85.0 Å². The molecule has 0 fully saturated rings. The van der Waals surface area contributed by atoms with Crippen molar-refractivity contribution in [2.75, 3.05) is 0 Å². The molecule has 42 heavy (non-hydrogen) atoms. The molecule has 8 heterocycles. The maximum absolute atomic E-state index is 5.18. The Hall–Kier alpha value is -5.95. The van der Waals surface area contributed by atoms with Crippen LogP contribution in [0.4, 0.5) is 0 Å². The molecule has 2 aliphatic rings. The fourth-order valence-electron chi connectivity index (χ4n) is 5.48. The Morgan fingerprint density at radius 3 is 1.43 bits per heavy atom. The van der Waals surface area contributed by atoms with Crippen LogP contribution in [0.25, 0.3) is 80.1 Å². The van der Waals surface area contributed by atoms with E-state index < -0.39 is 0 Å². The Morgan fingerprint density at radius 2 is 0.905 bits per heavy atom. The van der Waals surface area contributed by atoms with Gasteiger partial charge in [-0.05, 0) is 91.0 Å². The number of pyridine rings is 3. The Kier molecular flexibility index (Phi) is 5.64. The van der Waals surface area contributed by atoms with Crippen LogP contribution in [0.3, 0.4) is 0 Å². The molecule has 6 aromatic heterocycles. The zero-order chi connectivity index (χ0) is 27.9. The predicted molar refractivity (Wildman–Crippen MR) is 169 cm³/mol. The topological polar surface area (TPSA) is 96.0 Å². The maximum atomic E-state index is 5.18. The number of aromatic nitrogens is 7. The van der Waals surface area contributed by atoms with Crippen molar-refractivity contribution in [3.63, 3.8) is 0 Å². The summed E-state index contributed by atoms with van der Waals surface area (Å²) in [6.45, 7) is 0. The first kappa shape index (κ1) is 23.9. The van der Waals surface area contributed by atoms with Crippen LogP contribution in [-0.4, -0.2) is 34.9 Å². The van der Waals surface area contributed by atoms with E-state index in [4.69, 9.17) is 15.0 Å². The lowest BCUT2D eigenvalue weighted by Crippen LogP contribution is -1.91. The van der Waals surface area contributed by atoms with Crippen molar-refractivity contribution in [3.8, 4) is 33.8 Å². The highest BCUT2D eigenvalue weighted by atomic mass is 14.8. The molecule has 0 amide bonds. The summed E-state index contributed by atoms with van der Waals surface area (Å²) in [5, 5.41) is 0. The van der Waals surface area contributed by atoms with E-state index in [1.165, 1.54) is 0 Å². The number of rotatable bonds is 3. The summed E-state index contributed by atoms with van der Waals surface area (Å²) in [6.07, 6.45) is 13.6. The Bertz CT molecular complexity index is 2140. The molecule has 0 saturated heterocycles. The van der Waals surface area contributed by atoms with E-state index in [-0.39, 0.29) is 0 Å². The van der Waals surface area contributed by atoms with E-state index >= 15 is 0 Å². The highest BCUT2D eigenvalue weighted by molar-refractivity contribution is 5.96. The van der Waals surface area contributed by atoms with Crippen LogP contribution in [0.2, 0.25) is 0 Å². The van der Waals surface area contributed by atoms with Crippen molar-refractivity contribution >= 4 is 46.4 Å². The van der Waals surface area contributed by atoms with Crippen molar-refractivity contribution in [2.24, 2.45) is 0 Å². The Morgan fingerprint density at radius 1 is 0.429 bits per heavy atom. The van der Waals surface area contributed by atoms with Gasteiger partial charge in [-0.15, -0.1) is 0 Å². The van der Waals surface area contributed by atoms with E-state index in [2.05, 4.69) is 44.2 Å². The summed E-state index contributed by atoms with van der Waals surface area (Å²) >= 11 is 0. The summed E-state index contributed by atoms with van der Waals surface area (Å²) < 4.78 is 0. The average molecular weight is 542 g/mol. The average Bonchev–Trinajstić information content (AvgIpc) is 3.86. The molecule has 8 rings (SSSR count). The van der Waals surface area contributed by atoms with Crippen molar-refractivity contribution in [1.29, 1.82) is 0 Å². The van der Waals surface area contributed by atoms with Crippen molar-refractivity contribution in [3.05, 3.63) is 126 Å². The standard InChI is InChI=1S/C35H23N7/c1-4-18-36-24(7-1)33-27-12-10-22(39-27)21-23-11-13-28(40-23)34(25-8-2-5-19-37-25)30-15-17-32(42-30)35(26-9-3-6-20-38-26)31-16-14-29(33)41-31/h1-21,39,42H. The number of fused-ring (bicyclic) bond motifs is 8. The van der Waals surface area contributed by atoms with Crippen LogP contribution < -0.4 is 0 Å². The molecule has 7 nitrogen and oxygen atoms in total. The van der Waals surface area contributed by atoms with Crippen molar-refractivity contribution < 1.29 is 0 Å². The van der Waals surface area contributed by atoms with E-state index in [0.717, 1.165) is 78.6 Å². The number of hydrogen-bond acceptors (Lipinski definition) is 5. The third kappa shape index (κ3) is 4.20. The lowest BCUT2D eigenvalue weighted by molar-refractivity contribution is 1.26. The van der Waals surface area contributed by atoms with Crippen molar-refractivity contribution in [1.82, 2.24) is 34.9 Å². The van der Waals surface area contributed by atoms with E-state index in [1.54, 1.807) is 18.6 Å². The second-order valence-electron chi connectivity index (χ2n) is 10.00. The molecular formula is C35H23N7. The smallest absolute Gasteiger partial charge is 0.0753 e. The lowest BCUT2D eigenvalue weighted by atomic mass is 10.1. The minimum Gasteiger partial charge on any atom is -0.355 e. The van der Waals surface area contributed by atoms with Crippen LogP contribution in [-0.2, 0) is 0 Å². The number of nitrogens with zero attached hydrogens (tertiary/aromatic N) is 5. The van der Waals surface area contributed by atoms with Gasteiger partial charge < -0.3 is 9.97 Å². The Labute approximate surface area is 241 Å². The first-order valence-electron chi connectivity index (χ1n) is 13.7. The van der Waals surface area contributed by atoms with Gasteiger partial charge in [0.05, 0.1) is 56.4 Å². The number of H-pyrrole nitrogens is 2. The molecule has 0 aliphatic carbocycles. The largest absolute Gasteiger partial charge is 0.355 e. The van der Waals surface area contributed by atoms with Gasteiger partial charge in [-0.25, -0.2) is 9.97 Å². The molecule has 2 aliphatic heterocycles. The molecule has 0 saturated carbocycles. The predicted octanol–water partition coefficient (Wildman–Crippen LogP) is 7.84. The third-order valence-corrected chi connectivity index (χ3v) is 7.34. The number of hydrogen-bond donors (Lipinski definition) is 2. The van der Waals surface area contributed by atoms with Gasteiger partial charge in [0.15, 0.2) is 0 Å². The monoisotopic (exact) mass is 541 g/mol. The summed E-state index contributed by atoms with van der Waals surface area (Å²) in [5.74, 6) is 0. The molecule has 6 aromatic rings. The highest BCUT2D eigenvalue weighted by Gasteiger charge is 2.17. The summed E-state index contributed by atoms with van der Waals surface area (Å²) in [4.78, 5) is 31.5. The zero-order valence-corrected chi connectivity index (χ0v) is 22.4. The van der Waals surface area contributed by atoms with Gasteiger partial charge in [0.1, 0.15) is 0 Å². The minimum atomic E-state index is 0.809. The van der Waals surface area contributed by atoms with Gasteiger partial charge >= 0.3 is 0 Å². The minimum absolute atomic E-state index is 0.809. The zero-order valence-electron chi connectivity index (χ0n) is 22.4. The normalized spacial score (nSPS) is 12.1. The second-order valence-corrected chi connectivity index (χ2v) is 10.00. The highest BCUT2D eigenvalue weighted by Crippen LogP contribution is 2.34. The fourth-order valence-corrected chi connectivity index (χ4v) is 5.48. The third-order valence-electron chi connectivity index (χ3n) is 7.34. The molecule has 8 bridgehead atoms. The summed E-state index contributed by atoms with van der Waals surface area (Å²) in [6, 6.07) is 28.1. The molecule has 0 spiro atoms. The van der Waals surface area contributed by atoms with Gasteiger partial charge in [-0.2, -0.15) is 0 Å². The second kappa shape index (κ2) is 9.91. The van der Waals surface area contributed by atoms with Gasteiger partial charge in [-0.1, -0.05) is 18.2 Å². The van der Waals surface area contributed by atoms with E-state index in [9.17, 15) is 0 Å². The maximum Gasteiger partial charge on any atom is 0.0753 e. The molecular weight excluding hydrogens is 518 g/mol. The quantitative estimate of drug-likeness (QED) is 0.238. The first-order valence-corrected chi connectivity index (χ1v) is 13.7. The number of aromatic amines is 2. The SMILES string of the molecule is C1=Cc2nc1cc1ccc([nH]1)c(-c1ccccn1)c1nc(c(-c3ccccn3)c3ccc([nH]3)c2-c2ccccn2)C=C1. The van der Waals surface area contributed by atoms with Crippen LogP contribution >= 0.6 is 0 Å². The van der Waals surface area contributed by atoms with Crippen LogP contribution in [0, 0.1) is 0 Å². The van der Waals surface area contributed by atoms with Crippen LogP contribution in [0.15, 0.2) is 104 Å². The molecule has 7 heteroatoms. The number of nitrogens with one attached hydrogen (secondary N) is 2. The molecule has 0 aromatic carbocycles. The molecule has 0 unspecified atom stereocenters. The first-order chi connectivity index (χ1) is 20.8. The van der Waals surface area contributed by atoms with Crippen LogP contribution in [0.1, 0.15) is 22.8 Å². The summed E-state index contributed by atoms with van der Waals surface area (Å²) in [5.41, 5.74) is 12.2. The van der Waals surface area contributed by atoms with Crippen LogP contribution in [0.5, 0.6) is 0 Å². The van der Waals surface area contributed by atoms with Crippen molar-refractivity contribution in [2.45, 2.75) is 0 Å². The molecule has 2 N–H and O–H groups in total. The fraction of sp³-hybridized carbons (Fsp3) is 0. The van der Waals surface area contributed by atoms with Gasteiger partial charge in [0.2, 0.25) is 0 Å².